The van der Waals surface area contributed by atoms with Crippen LogP contribution in [0.2, 0.25) is 0 Å². The molecule has 2 aliphatic heterocycles. The van der Waals surface area contributed by atoms with Crippen molar-refractivity contribution in [2.75, 3.05) is 55.6 Å². The smallest absolute Gasteiger partial charge is 0.204 e. The minimum Gasteiger partial charge on any atom is -0.493 e. The van der Waals surface area contributed by atoms with Gasteiger partial charge in [0.15, 0.2) is 28.7 Å². The molecule has 0 saturated heterocycles. The molecule has 0 bridgehead atoms. The second-order valence-corrected chi connectivity index (χ2v) is 12.3. The Hall–Kier alpha value is -4.44. The first-order valence-corrected chi connectivity index (χ1v) is 16.0. The fourth-order valence-electron chi connectivity index (χ4n) is 6.99. The van der Waals surface area contributed by atoms with Gasteiger partial charge in [0, 0.05) is 30.7 Å². The number of hydrogen-bond donors (Lipinski definition) is 1. The van der Waals surface area contributed by atoms with Crippen LogP contribution in [0.3, 0.4) is 0 Å². The van der Waals surface area contributed by atoms with Gasteiger partial charge in [-0.15, -0.1) is 0 Å². The standard InChI is InChI=1S/C38H44N2O7/c1-39-17-15-26-21-33(42-3)34(43-4)23-30(26)31(39)19-24-7-11-28(12-8-24)46-38-36-27(22-35(44-5)37(38)45-6)16-18-40(2)32(36)20-25-9-13-29(47-41)14-10-25/h7-14,21-23,31-32,41H,15-20H2,1-6H3. The maximum atomic E-state index is 9.03. The summed E-state index contributed by atoms with van der Waals surface area (Å²) in [7, 11) is 11.0. The number of likely N-dealkylation sites (N-methyl/N-ethyl adjacent to an activating group) is 2. The van der Waals surface area contributed by atoms with E-state index in [0.717, 1.165) is 67.1 Å². The fourth-order valence-corrected chi connectivity index (χ4v) is 6.99. The Kier molecular flexibility index (Phi) is 9.77. The summed E-state index contributed by atoms with van der Waals surface area (Å²) in [6.45, 7) is 1.88. The lowest BCUT2D eigenvalue weighted by molar-refractivity contribution is -0.137. The van der Waals surface area contributed by atoms with E-state index in [4.69, 9.17) is 28.9 Å². The number of methoxy groups -OCH3 is 4. The summed E-state index contributed by atoms with van der Waals surface area (Å²) >= 11 is 0. The monoisotopic (exact) mass is 640 g/mol. The third-order valence-electron chi connectivity index (χ3n) is 9.65. The van der Waals surface area contributed by atoms with Crippen LogP contribution in [0, 0.1) is 0 Å². The Labute approximate surface area is 277 Å². The second-order valence-electron chi connectivity index (χ2n) is 12.3. The highest BCUT2D eigenvalue weighted by molar-refractivity contribution is 5.62. The van der Waals surface area contributed by atoms with Gasteiger partial charge in [-0.25, -0.2) is 5.26 Å². The Balaban J connectivity index is 1.30. The Morgan fingerprint density at radius 1 is 0.617 bits per heavy atom. The van der Waals surface area contributed by atoms with Crippen molar-refractivity contribution in [3.8, 4) is 40.2 Å². The van der Waals surface area contributed by atoms with Gasteiger partial charge in [-0.1, -0.05) is 24.3 Å². The lowest BCUT2D eigenvalue weighted by Gasteiger charge is -2.36. The molecule has 47 heavy (non-hydrogen) atoms. The van der Waals surface area contributed by atoms with Crippen LogP contribution < -0.4 is 28.6 Å². The van der Waals surface area contributed by atoms with Gasteiger partial charge in [0.05, 0.1) is 28.4 Å². The first kappa shape index (κ1) is 32.5. The summed E-state index contributed by atoms with van der Waals surface area (Å²) in [4.78, 5) is 9.16. The molecule has 0 spiro atoms. The van der Waals surface area contributed by atoms with Crippen molar-refractivity contribution in [2.24, 2.45) is 0 Å². The summed E-state index contributed by atoms with van der Waals surface area (Å²) in [6, 6.07) is 22.4. The molecule has 4 aromatic carbocycles. The molecule has 9 heteroatoms. The van der Waals surface area contributed by atoms with Crippen LogP contribution in [0.25, 0.3) is 0 Å². The summed E-state index contributed by atoms with van der Waals surface area (Å²) in [6.07, 6.45) is 3.43. The van der Waals surface area contributed by atoms with E-state index in [1.807, 2.05) is 24.3 Å². The molecule has 248 valence electrons. The normalized spacial score (nSPS) is 17.8. The number of benzene rings is 4. The Morgan fingerprint density at radius 2 is 1.15 bits per heavy atom. The quantitative estimate of drug-likeness (QED) is 0.139. The third kappa shape index (κ3) is 6.56. The SMILES string of the molecule is COc1cc2c(cc1OC)C(Cc1ccc(Oc3c(OC)c(OC)cc4c3C(Cc3ccc(OO)cc3)N(C)CC4)cc1)N(C)CC2. The van der Waals surface area contributed by atoms with E-state index in [1.54, 1.807) is 40.6 Å². The summed E-state index contributed by atoms with van der Waals surface area (Å²) in [5.41, 5.74) is 7.18. The molecule has 2 unspecified atom stereocenters. The van der Waals surface area contributed by atoms with Gasteiger partial charge in [0.25, 0.3) is 0 Å². The van der Waals surface area contributed by atoms with Crippen LogP contribution in [0.4, 0.5) is 0 Å². The van der Waals surface area contributed by atoms with Crippen LogP contribution in [0.15, 0.2) is 66.7 Å². The molecular weight excluding hydrogens is 596 g/mol. The average molecular weight is 641 g/mol. The molecule has 0 saturated carbocycles. The molecule has 4 aromatic rings. The van der Waals surface area contributed by atoms with E-state index in [9.17, 15) is 0 Å². The lowest BCUT2D eigenvalue weighted by Crippen LogP contribution is -2.34. The summed E-state index contributed by atoms with van der Waals surface area (Å²) in [5, 5.41) is 9.03. The zero-order valence-electron chi connectivity index (χ0n) is 28.0. The molecule has 0 amide bonds. The predicted octanol–water partition coefficient (Wildman–Crippen LogP) is 6.91. The molecule has 0 radical (unpaired) electrons. The van der Waals surface area contributed by atoms with E-state index in [1.165, 1.54) is 22.3 Å². The minimum absolute atomic E-state index is 0.0336. The van der Waals surface area contributed by atoms with Gasteiger partial charge in [0.1, 0.15) is 5.75 Å². The highest BCUT2D eigenvalue weighted by Gasteiger charge is 2.33. The maximum absolute atomic E-state index is 9.03. The van der Waals surface area contributed by atoms with Crippen LogP contribution in [-0.4, -0.2) is 70.7 Å². The predicted molar refractivity (Wildman–Crippen MR) is 181 cm³/mol. The van der Waals surface area contributed by atoms with Crippen molar-refractivity contribution in [3.63, 3.8) is 0 Å². The highest BCUT2D eigenvalue weighted by atomic mass is 17.1. The largest absolute Gasteiger partial charge is 0.493 e. The van der Waals surface area contributed by atoms with E-state index in [0.29, 0.717) is 23.0 Å². The Bertz CT molecular complexity index is 1690. The lowest BCUT2D eigenvalue weighted by atomic mass is 9.87. The maximum Gasteiger partial charge on any atom is 0.204 e. The number of nitrogens with zero attached hydrogens (tertiary/aromatic N) is 2. The second kappa shape index (κ2) is 14.1. The van der Waals surface area contributed by atoms with Gasteiger partial charge in [-0.2, -0.15) is 0 Å². The number of hydrogen-bond acceptors (Lipinski definition) is 9. The summed E-state index contributed by atoms with van der Waals surface area (Å²) in [5.74, 6) is 4.55. The number of ether oxygens (including phenoxy) is 5. The van der Waals surface area contributed by atoms with Gasteiger partial charge in [0.2, 0.25) is 5.75 Å². The molecule has 2 aliphatic rings. The summed E-state index contributed by atoms with van der Waals surface area (Å²) < 4.78 is 29.7. The van der Waals surface area contributed by atoms with E-state index in [-0.39, 0.29) is 12.1 Å². The zero-order valence-corrected chi connectivity index (χ0v) is 28.0. The first-order chi connectivity index (χ1) is 22.9. The number of rotatable bonds is 11. The molecule has 2 atom stereocenters. The minimum atomic E-state index is 0.0336. The molecule has 0 fully saturated rings. The average Bonchev–Trinajstić information content (AvgIpc) is 3.10. The topological polar surface area (TPSA) is 82.1 Å². The third-order valence-corrected chi connectivity index (χ3v) is 9.65. The van der Waals surface area contributed by atoms with Crippen LogP contribution in [-0.2, 0) is 25.7 Å². The Morgan fingerprint density at radius 3 is 1.74 bits per heavy atom. The van der Waals surface area contributed by atoms with Crippen molar-refractivity contribution in [3.05, 3.63) is 100 Å². The van der Waals surface area contributed by atoms with Crippen molar-refractivity contribution in [1.29, 1.82) is 0 Å². The van der Waals surface area contributed by atoms with Crippen LogP contribution in [0.5, 0.6) is 40.2 Å². The molecule has 6 rings (SSSR count). The zero-order chi connectivity index (χ0) is 33.1. The van der Waals surface area contributed by atoms with Crippen molar-refractivity contribution < 1.29 is 33.8 Å². The van der Waals surface area contributed by atoms with Crippen LogP contribution >= 0.6 is 0 Å². The highest BCUT2D eigenvalue weighted by Crippen LogP contribution is 2.50. The van der Waals surface area contributed by atoms with Crippen LogP contribution in [0.1, 0.15) is 45.5 Å². The molecule has 9 nitrogen and oxygen atoms in total. The molecule has 0 aliphatic carbocycles. The first-order valence-electron chi connectivity index (χ1n) is 16.0. The van der Waals surface area contributed by atoms with E-state index in [2.05, 4.69) is 59.1 Å². The van der Waals surface area contributed by atoms with Crippen molar-refractivity contribution in [1.82, 2.24) is 9.80 Å². The molecule has 1 N–H and O–H groups in total. The van der Waals surface area contributed by atoms with Gasteiger partial charge < -0.3 is 28.6 Å². The van der Waals surface area contributed by atoms with E-state index < -0.39 is 0 Å². The van der Waals surface area contributed by atoms with Gasteiger partial charge >= 0.3 is 0 Å². The molecule has 0 aromatic heterocycles. The van der Waals surface area contributed by atoms with Gasteiger partial charge in [-0.05, 0) is 110 Å². The fraction of sp³-hybridized carbons (Fsp3) is 0.368. The molecular formula is C38H44N2O7. The van der Waals surface area contributed by atoms with E-state index >= 15 is 0 Å². The van der Waals surface area contributed by atoms with Gasteiger partial charge in [-0.3, -0.25) is 9.80 Å². The number of fused-ring (bicyclic) bond motifs is 2. The van der Waals surface area contributed by atoms with Crippen molar-refractivity contribution in [2.45, 2.75) is 37.8 Å². The molecule has 2 heterocycles. The van der Waals surface area contributed by atoms with Crippen molar-refractivity contribution >= 4 is 0 Å².